The molecule has 1 saturated heterocycles. The van der Waals surface area contributed by atoms with Crippen LogP contribution in [0.15, 0.2) is 18.2 Å². The van der Waals surface area contributed by atoms with Gasteiger partial charge in [-0.05, 0) is 38.0 Å². The molecule has 0 saturated carbocycles. The van der Waals surface area contributed by atoms with Crippen LogP contribution in [-0.2, 0) is 0 Å². The fraction of sp³-hybridized carbons (Fsp3) is 0.500. The molecular formula is C14H20N2O3. The van der Waals surface area contributed by atoms with Crippen molar-refractivity contribution >= 4 is 11.6 Å². The lowest BCUT2D eigenvalue weighted by molar-refractivity contribution is 0.0677. The van der Waals surface area contributed by atoms with Crippen LogP contribution in [0.1, 0.15) is 30.1 Å². The second-order valence-electron chi connectivity index (χ2n) is 4.66. The highest BCUT2D eigenvalue weighted by Gasteiger charge is 2.28. The van der Waals surface area contributed by atoms with Gasteiger partial charge in [0.1, 0.15) is 5.75 Å². The number of anilines is 1. The lowest BCUT2D eigenvalue weighted by Gasteiger charge is -2.23. The molecule has 1 aromatic rings. The summed E-state index contributed by atoms with van der Waals surface area (Å²) < 4.78 is 5.35. The second-order valence-corrected chi connectivity index (χ2v) is 4.66. The zero-order chi connectivity index (χ0) is 13.8. The molecule has 19 heavy (non-hydrogen) atoms. The predicted octanol–water partition coefficient (Wildman–Crippen LogP) is 1.26. The van der Waals surface area contributed by atoms with Crippen molar-refractivity contribution in [3.05, 3.63) is 23.8 Å². The van der Waals surface area contributed by atoms with E-state index in [0.29, 0.717) is 30.2 Å². The largest absolute Gasteiger partial charge is 0.492 e. The van der Waals surface area contributed by atoms with Gasteiger partial charge in [-0.25, -0.2) is 0 Å². The number of carbonyl (C=O) groups excluding carboxylic acids is 1. The number of ether oxygens (including phenoxy) is 1. The maximum Gasteiger partial charge on any atom is 0.254 e. The Labute approximate surface area is 113 Å². The Morgan fingerprint density at radius 1 is 1.58 bits per heavy atom. The van der Waals surface area contributed by atoms with Gasteiger partial charge in [0, 0.05) is 12.1 Å². The minimum absolute atomic E-state index is 0.0122. The van der Waals surface area contributed by atoms with Crippen molar-refractivity contribution in [2.75, 3.05) is 25.5 Å². The zero-order valence-electron chi connectivity index (χ0n) is 11.1. The molecule has 104 valence electrons. The molecule has 0 bridgehead atoms. The van der Waals surface area contributed by atoms with Gasteiger partial charge in [-0.1, -0.05) is 0 Å². The fourth-order valence-electron chi connectivity index (χ4n) is 2.43. The number of nitrogens with two attached hydrogens (primary N) is 1. The van der Waals surface area contributed by atoms with Gasteiger partial charge in [0.25, 0.3) is 5.91 Å². The highest BCUT2D eigenvalue weighted by Crippen LogP contribution is 2.25. The van der Waals surface area contributed by atoms with E-state index in [-0.39, 0.29) is 18.6 Å². The summed E-state index contributed by atoms with van der Waals surface area (Å²) in [6.07, 6.45) is 1.79. The Balaban J connectivity index is 2.17. The van der Waals surface area contributed by atoms with Gasteiger partial charge in [0.2, 0.25) is 0 Å². The first kappa shape index (κ1) is 13.7. The van der Waals surface area contributed by atoms with Crippen LogP contribution in [0, 0.1) is 0 Å². The Kier molecular flexibility index (Phi) is 4.27. The van der Waals surface area contributed by atoms with E-state index in [1.807, 2.05) is 6.92 Å². The average molecular weight is 264 g/mol. The third-order valence-electron chi connectivity index (χ3n) is 3.41. The predicted molar refractivity (Wildman–Crippen MR) is 73.2 cm³/mol. The lowest BCUT2D eigenvalue weighted by Crippen LogP contribution is -2.37. The van der Waals surface area contributed by atoms with Crippen LogP contribution in [0.3, 0.4) is 0 Å². The number of nitrogens with zero attached hydrogens (tertiary/aromatic N) is 1. The van der Waals surface area contributed by atoms with Crippen molar-refractivity contribution in [1.29, 1.82) is 0 Å². The van der Waals surface area contributed by atoms with E-state index in [1.165, 1.54) is 0 Å². The third-order valence-corrected chi connectivity index (χ3v) is 3.41. The molecule has 0 aromatic heterocycles. The van der Waals surface area contributed by atoms with Crippen molar-refractivity contribution in [2.24, 2.45) is 0 Å². The smallest absolute Gasteiger partial charge is 0.254 e. The topological polar surface area (TPSA) is 75.8 Å². The number of hydrogen-bond acceptors (Lipinski definition) is 4. The van der Waals surface area contributed by atoms with Crippen molar-refractivity contribution in [2.45, 2.75) is 25.8 Å². The number of hydrogen-bond donors (Lipinski definition) is 2. The Morgan fingerprint density at radius 3 is 3.00 bits per heavy atom. The second kappa shape index (κ2) is 5.93. The molecule has 0 aliphatic carbocycles. The minimum atomic E-state index is -0.0775. The summed E-state index contributed by atoms with van der Waals surface area (Å²) >= 11 is 0. The maximum atomic E-state index is 12.4. The third kappa shape index (κ3) is 2.81. The van der Waals surface area contributed by atoms with Crippen LogP contribution in [0.4, 0.5) is 5.69 Å². The summed E-state index contributed by atoms with van der Waals surface area (Å²) in [5.41, 5.74) is 6.87. The van der Waals surface area contributed by atoms with E-state index in [9.17, 15) is 9.90 Å². The molecule has 1 amide bonds. The minimum Gasteiger partial charge on any atom is -0.492 e. The zero-order valence-corrected chi connectivity index (χ0v) is 11.1. The molecule has 3 N–H and O–H groups in total. The van der Waals surface area contributed by atoms with Crippen LogP contribution in [0.25, 0.3) is 0 Å². The Hall–Kier alpha value is -1.75. The molecular weight excluding hydrogens is 244 g/mol. The number of carbonyl (C=O) groups is 1. The van der Waals surface area contributed by atoms with E-state index in [0.717, 1.165) is 12.8 Å². The molecule has 0 spiro atoms. The molecule has 1 atom stereocenters. The molecule has 1 heterocycles. The summed E-state index contributed by atoms with van der Waals surface area (Å²) in [6.45, 7) is 3.13. The van der Waals surface area contributed by atoms with E-state index in [2.05, 4.69) is 0 Å². The Bertz CT molecular complexity index is 462. The summed E-state index contributed by atoms with van der Waals surface area (Å²) in [5.74, 6) is 0.519. The SMILES string of the molecule is CCOc1ccc(C(=O)N2CCC[C@H]2CO)cc1N. The van der Waals surface area contributed by atoms with E-state index in [1.54, 1.807) is 23.1 Å². The standard InChI is InChI=1S/C14H20N2O3/c1-2-19-13-6-5-10(8-12(13)15)14(18)16-7-3-4-11(16)9-17/h5-6,8,11,17H,2-4,7,9,15H2,1H3/t11-/m0/s1. The highest BCUT2D eigenvalue weighted by molar-refractivity contribution is 5.95. The fourth-order valence-corrected chi connectivity index (χ4v) is 2.43. The van der Waals surface area contributed by atoms with Gasteiger partial charge in [-0.3, -0.25) is 4.79 Å². The summed E-state index contributed by atoms with van der Waals surface area (Å²) in [4.78, 5) is 14.1. The van der Waals surface area contributed by atoms with Crippen LogP contribution < -0.4 is 10.5 Å². The number of rotatable bonds is 4. The van der Waals surface area contributed by atoms with Crippen LogP contribution in [0.5, 0.6) is 5.75 Å². The van der Waals surface area contributed by atoms with Crippen molar-refractivity contribution in [1.82, 2.24) is 4.90 Å². The number of amides is 1. The summed E-state index contributed by atoms with van der Waals surface area (Å²) in [5, 5.41) is 9.26. The first-order valence-corrected chi connectivity index (χ1v) is 6.61. The average Bonchev–Trinajstić information content (AvgIpc) is 2.88. The van der Waals surface area contributed by atoms with Crippen LogP contribution in [0.2, 0.25) is 0 Å². The first-order chi connectivity index (χ1) is 9.17. The van der Waals surface area contributed by atoms with Crippen molar-refractivity contribution in [3.63, 3.8) is 0 Å². The molecule has 0 unspecified atom stereocenters. The molecule has 2 rings (SSSR count). The molecule has 5 nitrogen and oxygen atoms in total. The van der Waals surface area contributed by atoms with Crippen LogP contribution in [-0.4, -0.2) is 41.7 Å². The molecule has 1 aliphatic heterocycles. The van der Waals surface area contributed by atoms with Gasteiger partial charge in [-0.15, -0.1) is 0 Å². The van der Waals surface area contributed by atoms with E-state index in [4.69, 9.17) is 10.5 Å². The van der Waals surface area contributed by atoms with Gasteiger partial charge >= 0.3 is 0 Å². The van der Waals surface area contributed by atoms with Crippen LogP contribution >= 0.6 is 0 Å². The molecule has 1 aromatic carbocycles. The number of benzene rings is 1. The number of aliphatic hydroxyl groups excluding tert-OH is 1. The van der Waals surface area contributed by atoms with Gasteiger partial charge in [0.05, 0.1) is 24.9 Å². The molecule has 0 radical (unpaired) electrons. The molecule has 1 fully saturated rings. The van der Waals surface area contributed by atoms with E-state index >= 15 is 0 Å². The molecule has 5 heteroatoms. The van der Waals surface area contributed by atoms with Gasteiger partial charge in [-0.2, -0.15) is 0 Å². The monoisotopic (exact) mass is 264 g/mol. The summed E-state index contributed by atoms with van der Waals surface area (Å²) in [7, 11) is 0. The number of nitrogen functional groups attached to an aromatic ring is 1. The van der Waals surface area contributed by atoms with E-state index < -0.39 is 0 Å². The van der Waals surface area contributed by atoms with Gasteiger partial charge < -0.3 is 20.5 Å². The Morgan fingerprint density at radius 2 is 2.37 bits per heavy atom. The number of aliphatic hydroxyl groups is 1. The quantitative estimate of drug-likeness (QED) is 0.803. The molecule has 1 aliphatic rings. The maximum absolute atomic E-state index is 12.4. The highest BCUT2D eigenvalue weighted by atomic mass is 16.5. The van der Waals surface area contributed by atoms with Crippen molar-refractivity contribution < 1.29 is 14.6 Å². The normalized spacial score (nSPS) is 18.6. The van der Waals surface area contributed by atoms with Gasteiger partial charge in [0.15, 0.2) is 0 Å². The lowest BCUT2D eigenvalue weighted by atomic mass is 10.1. The summed E-state index contributed by atoms with van der Waals surface area (Å²) in [6, 6.07) is 5.01. The first-order valence-electron chi connectivity index (χ1n) is 6.61. The number of likely N-dealkylation sites (tertiary alicyclic amines) is 1. The van der Waals surface area contributed by atoms with Crippen molar-refractivity contribution in [3.8, 4) is 5.75 Å².